The van der Waals surface area contributed by atoms with E-state index in [1.807, 2.05) is 66.9 Å². The maximum absolute atomic E-state index is 12.8. The third-order valence-corrected chi connectivity index (χ3v) is 5.86. The fourth-order valence-electron chi connectivity index (χ4n) is 3.28. The number of likely N-dealkylation sites (N-methyl/N-ethyl adjacent to an activating group) is 1. The predicted octanol–water partition coefficient (Wildman–Crippen LogP) is 4.09. The second kappa shape index (κ2) is 9.57. The van der Waals surface area contributed by atoms with E-state index in [0.717, 1.165) is 16.9 Å². The van der Waals surface area contributed by atoms with E-state index in [-0.39, 0.29) is 18.0 Å². The van der Waals surface area contributed by atoms with E-state index in [1.54, 1.807) is 11.0 Å². The Bertz CT molecular complexity index is 1220. The summed E-state index contributed by atoms with van der Waals surface area (Å²) < 4.78 is 7.20. The van der Waals surface area contributed by atoms with Crippen LogP contribution in [0.15, 0.2) is 77.2 Å². The fourth-order valence-corrected chi connectivity index (χ4v) is 4.00. The molecule has 0 aliphatic heterocycles. The van der Waals surface area contributed by atoms with Gasteiger partial charge in [0.1, 0.15) is 23.7 Å². The quantitative estimate of drug-likeness (QED) is 0.420. The zero-order chi connectivity index (χ0) is 21.6. The Labute approximate surface area is 184 Å². The molecule has 0 saturated heterocycles. The van der Waals surface area contributed by atoms with Gasteiger partial charge >= 0.3 is 0 Å². The number of ether oxygens (including phenoxy) is 1. The lowest BCUT2D eigenvalue weighted by molar-refractivity contribution is -0.132. The van der Waals surface area contributed by atoms with Crippen molar-refractivity contribution in [3.05, 3.63) is 93.9 Å². The van der Waals surface area contributed by atoms with Crippen LogP contribution in [0.1, 0.15) is 18.1 Å². The van der Waals surface area contributed by atoms with Crippen molar-refractivity contribution >= 4 is 27.5 Å². The highest BCUT2D eigenvalue weighted by Crippen LogP contribution is 2.16. The molecule has 7 heteroatoms. The molecule has 0 radical (unpaired) electrons. The van der Waals surface area contributed by atoms with Gasteiger partial charge in [-0.2, -0.15) is 0 Å². The van der Waals surface area contributed by atoms with E-state index in [0.29, 0.717) is 29.9 Å². The Kier molecular flexibility index (Phi) is 6.43. The molecular weight excluding hydrogens is 410 g/mol. The van der Waals surface area contributed by atoms with Gasteiger partial charge in [-0.15, -0.1) is 11.3 Å². The number of aromatic nitrogens is 2. The highest BCUT2D eigenvalue weighted by molar-refractivity contribution is 7.16. The molecule has 2 aromatic carbocycles. The number of carbonyl (C=O) groups excluding carboxylic acids is 1. The molecule has 2 aromatic heterocycles. The number of rotatable bonds is 8. The maximum atomic E-state index is 12.8. The van der Waals surface area contributed by atoms with Gasteiger partial charge in [0.15, 0.2) is 0 Å². The minimum Gasteiger partial charge on any atom is -0.489 e. The lowest BCUT2D eigenvalue weighted by Crippen LogP contribution is -2.36. The summed E-state index contributed by atoms with van der Waals surface area (Å²) in [6, 6.07) is 19.5. The van der Waals surface area contributed by atoms with Crippen molar-refractivity contribution in [3.8, 4) is 5.75 Å². The molecule has 0 fully saturated rings. The first kappa shape index (κ1) is 20.8. The van der Waals surface area contributed by atoms with Gasteiger partial charge in [0, 0.05) is 13.1 Å². The molecular formula is C24H23N3O3S. The van der Waals surface area contributed by atoms with Crippen molar-refractivity contribution in [1.29, 1.82) is 0 Å². The van der Waals surface area contributed by atoms with Gasteiger partial charge in [0.05, 0.1) is 11.7 Å². The second-order valence-corrected chi connectivity index (χ2v) is 8.04. The number of thiophene rings is 1. The number of benzene rings is 2. The van der Waals surface area contributed by atoms with Crippen molar-refractivity contribution in [2.75, 3.05) is 6.54 Å². The molecule has 0 bridgehead atoms. The van der Waals surface area contributed by atoms with E-state index in [4.69, 9.17) is 4.74 Å². The average molecular weight is 434 g/mol. The van der Waals surface area contributed by atoms with Crippen LogP contribution in [0.3, 0.4) is 0 Å². The number of carbonyl (C=O) groups is 1. The zero-order valence-electron chi connectivity index (χ0n) is 17.2. The van der Waals surface area contributed by atoms with Crippen molar-refractivity contribution < 1.29 is 9.53 Å². The number of hydrogen-bond donors (Lipinski definition) is 0. The minimum absolute atomic E-state index is 0.0241. The third kappa shape index (κ3) is 5.00. The molecule has 0 N–H and O–H groups in total. The SMILES string of the molecule is CCN(Cc1ccc(OCc2ccccc2)cc1)C(=O)Cn1cnc2sccc2c1=O. The van der Waals surface area contributed by atoms with Gasteiger partial charge < -0.3 is 9.64 Å². The summed E-state index contributed by atoms with van der Waals surface area (Å²) in [5.74, 6) is 0.661. The molecule has 0 unspecified atom stereocenters. The maximum Gasteiger partial charge on any atom is 0.262 e. The summed E-state index contributed by atoms with van der Waals surface area (Å²) in [5.41, 5.74) is 1.93. The van der Waals surface area contributed by atoms with Crippen LogP contribution < -0.4 is 10.3 Å². The zero-order valence-corrected chi connectivity index (χ0v) is 18.0. The standard InChI is InChI=1S/C24H23N3O3S/c1-2-26(22(28)15-27-17-25-23-21(24(27)29)12-13-31-23)14-18-8-10-20(11-9-18)30-16-19-6-4-3-5-7-19/h3-13,17H,2,14-16H2,1H3. The smallest absolute Gasteiger partial charge is 0.262 e. The highest BCUT2D eigenvalue weighted by Gasteiger charge is 2.15. The van der Waals surface area contributed by atoms with Crippen LogP contribution in [0.2, 0.25) is 0 Å². The average Bonchev–Trinajstić information content (AvgIpc) is 3.29. The third-order valence-electron chi connectivity index (χ3n) is 5.04. The van der Waals surface area contributed by atoms with Crippen LogP contribution in [0.4, 0.5) is 0 Å². The summed E-state index contributed by atoms with van der Waals surface area (Å²) in [5, 5.41) is 2.38. The van der Waals surface area contributed by atoms with E-state index in [9.17, 15) is 9.59 Å². The summed E-state index contributed by atoms with van der Waals surface area (Å²) in [6.45, 7) is 3.43. The van der Waals surface area contributed by atoms with Gasteiger partial charge in [0.2, 0.25) is 5.91 Å². The fraction of sp³-hybridized carbons (Fsp3) is 0.208. The Hall–Kier alpha value is -3.45. The summed E-state index contributed by atoms with van der Waals surface area (Å²) in [7, 11) is 0. The first-order chi connectivity index (χ1) is 15.1. The van der Waals surface area contributed by atoms with Crippen molar-refractivity contribution in [3.63, 3.8) is 0 Å². The predicted molar refractivity (Wildman–Crippen MR) is 122 cm³/mol. The first-order valence-electron chi connectivity index (χ1n) is 10.1. The Morgan fingerprint density at radius 2 is 1.84 bits per heavy atom. The van der Waals surface area contributed by atoms with Crippen molar-refractivity contribution in [1.82, 2.24) is 14.5 Å². The monoisotopic (exact) mass is 433 g/mol. The van der Waals surface area contributed by atoms with Gasteiger partial charge in [-0.1, -0.05) is 42.5 Å². The largest absolute Gasteiger partial charge is 0.489 e. The molecule has 0 atom stereocenters. The van der Waals surface area contributed by atoms with Gasteiger partial charge in [-0.3, -0.25) is 14.2 Å². The molecule has 0 aliphatic carbocycles. The van der Waals surface area contributed by atoms with Crippen LogP contribution in [0.25, 0.3) is 10.2 Å². The minimum atomic E-state index is -0.185. The molecule has 31 heavy (non-hydrogen) atoms. The lowest BCUT2D eigenvalue weighted by Gasteiger charge is -2.21. The van der Waals surface area contributed by atoms with Crippen molar-refractivity contribution in [2.24, 2.45) is 0 Å². The normalized spacial score (nSPS) is 10.9. The molecule has 4 rings (SSSR count). The van der Waals surface area contributed by atoms with Gasteiger partial charge in [-0.25, -0.2) is 4.98 Å². The number of nitrogens with zero attached hydrogens (tertiary/aromatic N) is 3. The van der Waals surface area contributed by atoms with Crippen LogP contribution in [0.5, 0.6) is 5.75 Å². The molecule has 6 nitrogen and oxygen atoms in total. The summed E-state index contributed by atoms with van der Waals surface area (Å²) in [4.78, 5) is 32.0. The van der Waals surface area contributed by atoms with Crippen molar-refractivity contribution in [2.45, 2.75) is 26.6 Å². The molecule has 0 spiro atoms. The molecule has 1 amide bonds. The molecule has 2 heterocycles. The van der Waals surface area contributed by atoms with Crippen LogP contribution in [-0.2, 0) is 24.5 Å². The van der Waals surface area contributed by atoms with Crippen LogP contribution in [0, 0.1) is 0 Å². The van der Waals surface area contributed by atoms with E-state index in [2.05, 4.69) is 4.98 Å². The molecule has 0 aliphatic rings. The Morgan fingerprint density at radius 1 is 1.06 bits per heavy atom. The molecule has 158 valence electrons. The second-order valence-electron chi connectivity index (χ2n) is 7.14. The molecule has 4 aromatic rings. The van der Waals surface area contributed by atoms with E-state index >= 15 is 0 Å². The Balaban J connectivity index is 1.38. The molecule has 0 saturated carbocycles. The van der Waals surface area contributed by atoms with E-state index < -0.39 is 0 Å². The van der Waals surface area contributed by atoms with Gasteiger partial charge in [0.25, 0.3) is 5.56 Å². The summed E-state index contributed by atoms with van der Waals surface area (Å²) in [6.07, 6.45) is 1.45. The number of amides is 1. The Morgan fingerprint density at radius 3 is 2.58 bits per heavy atom. The van der Waals surface area contributed by atoms with Crippen LogP contribution in [-0.4, -0.2) is 26.9 Å². The lowest BCUT2D eigenvalue weighted by atomic mass is 10.2. The first-order valence-corrected chi connectivity index (χ1v) is 11.0. The van der Waals surface area contributed by atoms with Crippen LogP contribution >= 0.6 is 11.3 Å². The number of fused-ring (bicyclic) bond motifs is 1. The topological polar surface area (TPSA) is 64.4 Å². The number of hydrogen-bond acceptors (Lipinski definition) is 5. The van der Waals surface area contributed by atoms with E-state index in [1.165, 1.54) is 22.2 Å². The summed E-state index contributed by atoms with van der Waals surface area (Å²) >= 11 is 1.41. The highest BCUT2D eigenvalue weighted by atomic mass is 32.1. The van der Waals surface area contributed by atoms with Gasteiger partial charge in [-0.05, 0) is 41.6 Å².